The molecule has 0 saturated carbocycles. The summed E-state index contributed by atoms with van der Waals surface area (Å²) in [6.07, 6.45) is 2.99. The first-order chi connectivity index (χ1) is 9.88. The molecule has 1 N–H and O–H groups in total. The van der Waals surface area contributed by atoms with Crippen LogP contribution in [0.15, 0.2) is 60.8 Å². The minimum Gasteiger partial charge on any atom is -0.385 e. The Morgan fingerprint density at radius 2 is 1.85 bits per heavy atom. The molecule has 3 aromatic rings. The highest BCUT2D eigenvalue weighted by atomic mass is 14.9. The van der Waals surface area contributed by atoms with Gasteiger partial charge in [-0.2, -0.15) is 0 Å². The average molecular weight is 262 g/mol. The van der Waals surface area contributed by atoms with Gasteiger partial charge in [-0.25, -0.2) is 0 Å². The number of fused-ring (bicyclic) bond motifs is 1. The fraction of sp³-hybridized carbons (Fsp3) is 0.167. The zero-order valence-electron chi connectivity index (χ0n) is 11.6. The third kappa shape index (κ3) is 2.50. The molecular formula is C18H18N2. The van der Waals surface area contributed by atoms with Crippen molar-refractivity contribution in [1.29, 1.82) is 0 Å². The van der Waals surface area contributed by atoms with Crippen molar-refractivity contribution in [3.63, 3.8) is 0 Å². The zero-order valence-corrected chi connectivity index (χ0v) is 11.6. The van der Waals surface area contributed by atoms with Gasteiger partial charge >= 0.3 is 0 Å². The van der Waals surface area contributed by atoms with E-state index >= 15 is 0 Å². The van der Waals surface area contributed by atoms with Crippen LogP contribution in [0.4, 0.5) is 5.69 Å². The summed E-state index contributed by atoms with van der Waals surface area (Å²) in [5.41, 5.74) is 3.33. The smallest absolute Gasteiger partial charge is 0.0728 e. The molecule has 3 rings (SSSR count). The quantitative estimate of drug-likeness (QED) is 0.735. The van der Waals surface area contributed by atoms with Crippen LogP contribution >= 0.6 is 0 Å². The van der Waals surface area contributed by atoms with Gasteiger partial charge in [-0.15, -0.1) is 0 Å². The van der Waals surface area contributed by atoms with Gasteiger partial charge in [0.15, 0.2) is 0 Å². The fourth-order valence-corrected chi connectivity index (χ4v) is 2.41. The average Bonchev–Trinajstić information content (AvgIpc) is 2.52. The molecule has 0 fully saturated rings. The lowest BCUT2D eigenvalue weighted by Crippen LogP contribution is -2.00. The maximum absolute atomic E-state index is 4.53. The van der Waals surface area contributed by atoms with Crippen LogP contribution in [0.5, 0.6) is 0 Å². The summed E-state index contributed by atoms with van der Waals surface area (Å²) in [5, 5.41) is 5.91. The summed E-state index contributed by atoms with van der Waals surface area (Å²) in [6.45, 7) is 3.15. The SMILES string of the molecule is CCCNc1ccnc(-c2cccc3ccccc23)c1. The maximum Gasteiger partial charge on any atom is 0.0728 e. The topological polar surface area (TPSA) is 24.9 Å². The Labute approximate surface area is 119 Å². The maximum atomic E-state index is 4.53. The Bertz CT molecular complexity index is 714. The van der Waals surface area contributed by atoms with E-state index in [1.165, 1.54) is 16.3 Å². The van der Waals surface area contributed by atoms with Crippen LogP contribution in [0, 0.1) is 0 Å². The molecule has 0 aliphatic rings. The van der Waals surface area contributed by atoms with Gasteiger partial charge in [-0.3, -0.25) is 4.98 Å². The summed E-state index contributed by atoms with van der Waals surface area (Å²) in [7, 11) is 0. The number of hydrogen-bond donors (Lipinski definition) is 1. The van der Waals surface area contributed by atoms with E-state index in [1.807, 2.05) is 12.3 Å². The fourth-order valence-electron chi connectivity index (χ4n) is 2.41. The third-order valence-electron chi connectivity index (χ3n) is 3.40. The van der Waals surface area contributed by atoms with Crippen LogP contribution in [0.3, 0.4) is 0 Å². The minimum atomic E-state index is 0.985. The second-order valence-electron chi connectivity index (χ2n) is 4.88. The van der Waals surface area contributed by atoms with E-state index in [1.54, 1.807) is 0 Å². The summed E-state index contributed by atoms with van der Waals surface area (Å²) in [4.78, 5) is 4.53. The van der Waals surface area contributed by atoms with E-state index in [4.69, 9.17) is 0 Å². The van der Waals surface area contributed by atoms with E-state index in [9.17, 15) is 0 Å². The van der Waals surface area contributed by atoms with E-state index in [2.05, 4.69) is 65.8 Å². The summed E-state index contributed by atoms with van der Waals surface area (Å²) in [6, 6.07) is 18.9. The molecule has 0 aliphatic carbocycles. The lowest BCUT2D eigenvalue weighted by Gasteiger charge is -2.09. The first kappa shape index (κ1) is 12.7. The number of nitrogens with zero attached hydrogens (tertiary/aromatic N) is 1. The highest BCUT2D eigenvalue weighted by Crippen LogP contribution is 2.28. The van der Waals surface area contributed by atoms with Gasteiger partial charge in [0.05, 0.1) is 5.69 Å². The molecule has 2 heteroatoms. The predicted octanol–water partition coefficient (Wildman–Crippen LogP) is 4.72. The molecule has 0 bridgehead atoms. The van der Waals surface area contributed by atoms with Crippen molar-refractivity contribution in [2.24, 2.45) is 0 Å². The van der Waals surface area contributed by atoms with Crippen LogP contribution < -0.4 is 5.32 Å². The summed E-state index contributed by atoms with van der Waals surface area (Å²) in [5.74, 6) is 0. The second-order valence-corrected chi connectivity index (χ2v) is 4.88. The molecule has 0 spiro atoms. The van der Waals surface area contributed by atoms with Crippen LogP contribution in [-0.2, 0) is 0 Å². The number of hydrogen-bond acceptors (Lipinski definition) is 2. The number of rotatable bonds is 4. The zero-order chi connectivity index (χ0) is 13.8. The molecule has 0 saturated heterocycles. The Hall–Kier alpha value is -2.35. The van der Waals surface area contributed by atoms with Gasteiger partial charge in [0, 0.05) is 24.0 Å². The number of pyridine rings is 1. The molecule has 0 amide bonds. The van der Waals surface area contributed by atoms with E-state index < -0.39 is 0 Å². The molecule has 20 heavy (non-hydrogen) atoms. The largest absolute Gasteiger partial charge is 0.385 e. The van der Waals surface area contributed by atoms with Gasteiger partial charge in [0.25, 0.3) is 0 Å². The molecule has 1 aromatic heterocycles. The number of anilines is 1. The first-order valence-corrected chi connectivity index (χ1v) is 7.06. The standard InChI is InChI=1S/C18H18N2/c1-2-11-19-15-10-12-20-18(13-15)17-9-5-7-14-6-3-4-8-16(14)17/h3-10,12-13H,2,11H2,1H3,(H,19,20). The Morgan fingerprint density at radius 1 is 1.00 bits per heavy atom. The second kappa shape index (κ2) is 5.74. The van der Waals surface area contributed by atoms with Crippen molar-refractivity contribution >= 4 is 16.5 Å². The van der Waals surface area contributed by atoms with Crippen molar-refractivity contribution in [3.8, 4) is 11.3 Å². The number of benzene rings is 2. The van der Waals surface area contributed by atoms with Gasteiger partial charge in [0.2, 0.25) is 0 Å². The van der Waals surface area contributed by atoms with Crippen molar-refractivity contribution < 1.29 is 0 Å². The van der Waals surface area contributed by atoms with Crippen LogP contribution in [0.1, 0.15) is 13.3 Å². The molecule has 0 radical (unpaired) electrons. The van der Waals surface area contributed by atoms with E-state index in [0.29, 0.717) is 0 Å². The Morgan fingerprint density at radius 3 is 2.75 bits per heavy atom. The molecular weight excluding hydrogens is 244 g/mol. The number of aromatic nitrogens is 1. The lowest BCUT2D eigenvalue weighted by molar-refractivity contribution is 0.979. The van der Waals surface area contributed by atoms with Crippen molar-refractivity contribution in [2.75, 3.05) is 11.9 Å². The highest BCUT2D eigenvalue weighted by Gasteiger charge is 2.05. The monoisotopic (exact) mass is 262 g/mol. The molecule has 100 valence electrons. The Kier molecular flexibility index (Phi) is 3.64. The molecule has 0 unspecified atom stereocenters. The number of nitrogens with one attached hydrogen (secondary N) is 1. The van der Waals surface area contributed by atoms with Crippen LogP contribution in [0.25, 0.3) is 22.0 Å². The van der Waals surface area contributed by atoms with E-state index in [0.717, 1.165) is 24.3 Å². The van der Waals surface area contributed by atoms with Gasteiger partial charge in [-0.05, 0) is 29.3 Å². The van der Waals surface area contributed by atoms with Gasteiger partial charge in [-0.1, -0.05) is 49.4 Å². The molecule has 2 nitrogen and oxygen atoms in total. The minimum absolute atomic E-state index is 0.985. The molecule has 0 atom stereocenters. The first-order valence-electron chi connectivity index (χ1n) is 7.06. The van der Waals surface area contributed by atoms with Gasteiger partial charge < -0.3 is 5.32 Å². The van der Waals surface area contributed by atoms with Crippen molar-refractivity contribution in [2.45, 2.75) is 13.3 Å². The van der Waals surface area contributed by atoms with Gasteiger partial charge in [0.1, 0.15) is 0 Å². The summed E-state index contributed by atoms with van der Waals surface area (Å²) < 4.78 is 0. The third-order valence-corrected chi connectivity index (χ3v) is 3.40. The van der Waals surface area contributed by atoms with Crippen LogP contribution in [-0.4, -0.2) is 11.5 Å². The van der Waals surface area contributed by atoms with Crippen molar-refractivity contribution in [1.82, 2.24) is 4.98 Å². The van der Waals surface area contributed by atoms with E-state index in [-0.39, 0.29) is 0 Å². The molecule has 1 heterocycles. The van der Waals surface area contributed by atoms with Crippen LogP contribution in [0.2, 0.25) is 0 Å². The van der Waals surface area contributed by atoms with Crippen molar-refractivity contribution in [3.05, 3.63) is 60.8 Å². The Balaban J connectivity index is 2.06. The predicted molar refractivity (Wildman–Crippen MR) is 86.0 cm³/mol. The lowest BCUT2D eigenvalue weighted by atomic mass is 10.0. The normalized spacial score (nSPS) is 10.7. The highest BCUT2D eigenvalue weighted by molar-refractivity contribution is 5.96. The molecule has 2 aromatic carbocycles. The molecule has 0 aliphatic heterocycles. The summed E-state index contributed by atoms with van der Waals surface area (Å²) >= 11 is 0.